The first kappa shape index (κ1) is 19.6. The molecule has 0 atom stereocenters. The van der Waals surface area contributed by atoms with E-state index in [1.807, 2.05) is 0 Å². The van der Waals surface area contributed by atoms with E-state index in [0.29, 0.717) is 5.92 Å². The molecule has 0 bridgehead atoms. The Morgan fingerprint density at radius 1 is 0.852 bits per heavy atom. The third kappa shape index (κ3) is 5.90. The summed E-state index contributed by atoms with van der Waals surface area (Å²) in [5.41, 5.74) is 3.57. The normalized spacial score (nSPS) is 19.2. The van der Waals surface area contributed by atoms with Gasteiger partial charge in [-0.3, -0.25) is 0 Å². The monoisotopic (exact) mass is 360 g/mol. The van der Waals surface area contributed by atoms with Crippen LogP contribution >= 0.6 is 0 Å². The predicted molar refractivity (Wildman–Crippen MR) is 115 cm³/mol. The zero-order valence-corrected chi connectivity index (χ0v) is 16.8. The first-order chi connectivity index (χ1) is 13.3. The molecule has 1 aliphatic rings. The van der Waals surface area contributed by atoms with Gasteiger partial charge in [0.1, 0.15) is 5.75 Å². The fraction of sp³-hybridized carbons (Fsp3) is 0.462. The van der Waals surface area contributed by atoms with Crippen LogP contribution < -0.4 is 4.74 Å². The maximum absolute atomic E-state index is 5.74. The molecule has 0 aliphatic heterocycles. The van der Waals surface area contributed by atoms with Crippen LogP contribution in [0.15, 0.2) is 48.5 Å². The summed E-state index contributed by atoms with van der Waals surface area (Å²) < 4.78 is 5.74. The minimum Gasteiger partial charge on any atom is -0.494 e. The lowest BCUT2D eigenvalue weighted by Gasteiger charge is -2.24. The molecule has 1 fully saturated rings. The second kappa shape index (κ2) is 10.2. The molecule has 0 radical (unpaired) electrons. The van der Waals surface area contributed by atoms with Gasteiger partial charge >= 0.3 is 0 Å². The summed E-state index contributed by atoms with van der Waals surface area (Å²) in [5.74, 6) is 9.38. The van der Waals surface area contributed by atoms with Crippen LogP contribution in [0.3, 0.4) is 0 Å². The van der Waals surface area contributed by atoms with Crippen molar-refractivity contribution in [2.75, 3.05) is 6.61 Å². The third-order valence-corrected chi connectivity index (χ3v) is 5.68. The van der Waals surface area contributed by atoms with E-state index in [2.05, 4.69) is 74.2 Å². The van der Waals surface area contributed by atoms with Crippen molar-refractivity contribution < 1.29 is 4.74 Å². The molecule has 1 heteroatoms. The smallest absolute Gasteiger partial charge is 0.119 e. The number of rotatable bonds is 6. The third-order valence-electron chi connectivity index (χ3n) is 5.68. The van der Waals surface area contributed by atoms with E-state index in [-0.39, 0.29) is 0 Å². The van der Waals surface area contributed by atoms with Gasteiger partial charge in [0.2, 0.25) is 0 Å². The van der Waals surface area contributed by atoms with Crippen LogP contribution in [-0.4, -0.2) is 6.61 Å². The van der Waals surface area contributed by atoms with Crippen molar-refractivity contribution in [3.63, 3.8) is 0 Å². The second-order valence-corrected chi connectivity index (χ2v) is 7.70. The quantitative estimate of drug-likeness (QED) is 0.394. The van der Waals surface area contributed by atoms with Crippen LogP contribution in [-0.2, 0) is 0 Å². The largest absolute Gasteiger partial charge is 0.494 e. The Labute approximate surface area is 165 Å². The van der Waals surface area contributed by atoms with Crippen LogP contribution in [0.1, 0.15) is 64.4 Å². The van der Waals surface area contributed by atoms with Gasteiger partial charge < -0.3 is 4.74 Å². The molecule has 0 aromatic heterocycles. The van der Waals surface area contributed by atoms with Crippen molar-refractivity contribution in [1.29, 1.82) is 0 Å². The van der Waals surface area contributed by atoms with Crippen LogP contribution in [0.4, 0.5) is 0 Å². The number of ether oxygens (including phenoxy) is 1. The molecule has 0 unspecified atom stereocenters. The average molecular weight is 361 g/mol. The van der Waals surface area contributed by atoms with Crippen LogP contribution in [0.25, 0.3) is 11.1 Å². The summed E-state index contributed by atoms with van der Waals surface area (Å²) in [5, 5.41) is 0. The van der Waals surface area contributed by atoms with Gasteiger partial charge in [0.25, 0.3) is 0 Å². The van der Waals surface area contributed by atoms with Gasteiger partial charge in [0.15, 0.2) is 0 Å². The SMILES string of the molecule is CCCCOc1ccc(-c2ccc(C#C[C@H]3CC[C@H](CC)CC3)cc2)cc1. The highest BCUT2D eigenvalue weighted by Gasteiger charge is 2.17. The number of hydrogen-bond acceptors (Lipinski definition) is 1. The van der Waals surface area contributed by atoms with Gasteiger partial charge in [0, 0.05) is 11.5 Å². The van der Waals surface area contributed by atoms with E-state index < -0.39 is 0 Å². The summed E-state index contributed by atoms with van der Waals surface area (Å²) >= 11 is 0. The molecule has 1 aliphatic carbocycles. The molecule has 0 heterocycles. The molecule has 1 saturated carbocycles. The van der Waals surface area contributed by atoms with Gasteiger partial charge in [-0.15, -0.1) is 0 Å². The molecule has 1 nitrogen and oxygen atoms in total. The minimum atomic E-state index is 0.590. The molecule has 0 spiro atoms. The molecular weight excluding hydrogens is 328 g/mol. The van der Waals surface area contributed by atoms with Crippen molar-refractivity contribution in [3.05, 3.63) is 54.1 Å². The van der Waals surface area contributed by atoms with Gasteiger partial charge in [-0.05, 0) is 73.4 Å². The van der Waals surface area contributed by atoms with Crippen molar-refractivity contribution in [3.8, 4) is 28.7 Å². The number of hydrogen-bond donors (Lipinski definition) is 0. The molecule has 2 aromatic carbocycles. The molecule has 27 heavy (non-hydrogen) atoms. The molecular formula is C26H32O. The summed E-state index contributed by atoms with van der Waals surface area (Å²) in [6.45, 7) is 5.28. The first-order valence-corrected chi connectivity index (χ1v) is 10.6. The zero-order valence-electron chi connectivity index (χ0n) is 16.8. The highest BCUT2D eigenvalue weighted by molar-refractivity contribution is 5.65. The van der Waals surface area contributed by atoms with Crippen LogP contribution in [0, 0.1) is 23.7 Å². The summed E-state index contributed by atoms with van der Waals surface area (Å²) in [7, 11) is 0. The van der Waals surface area contributed by atoms with E-state index in [1.54, 1.807) is 0 Å². The summed E-state index contributed by atoms with van der Waals surface area (Å²) in [6.07, 6.45) is 8.84. The van der Waals surface area contributed by atoms with Crippen molar-refractivity contribution in [2.24, 2.45) is 11.8 Å². The fourth-order valence-electron chi connectivity index (χ4n) is 3.72. The van der Waals surface area contributed by atoms with E-state index in [0.717, 1.165) is 36.7 Å². The molecule has 0 amide bonds. The minimum absolute atomic E-state index is 0.590. The maximum Gasteiger partial charge on any atom is 0.119 e. The Morgan fingerprint density at radius 2 is 1.48 bits per heavy atom. The topological polar surface area (TPSA) is 9.23 Å². The molecule has 0 N–H and O–H groups in total. The van der Waals surface area contributed by atoms with Gasteiger partial charge in [-0.25, -0.2) is 0 Å². The average Bonchev–Trinajstić information content (AvgIpc) is 2.74. The zero-order chi connectivity index (χ0) is 18.9. The van der Waals surface area contributed by atoms with Crippen LogP contribution in [0.5, 0.6) is 5.75 Å². The predicted octanol–water partition coefficient (Wildman–Crippen LogP) is 7.10. The maximum atomic E-state index is 5.74. The van der Waals surface area contributed by atoms with Crippen LogP contribution in [0.2, 0.25) is 0 Å². The number of unbranched alkanes of at least 4 members (excludes halogenated alkanes) is 1. The molecule has 2 aromatic rings. The van der Waals surface area contributed by atoms with Crippen molar-refractivity contribution >= 4 is 0 Å². The lowest BCUT2D eigenvalue weighted by atomic mass is 9.81. The van der Waals surface area contributed by atoms with E-state index in [9.17, 15) is 0 Å². The van der Waals surface area contributed by atoms with Gasteiger partial charge in [0.05, 0.1) is 6.61 Å². The summed E-state index contributed by atoms with van der Waals surface area (Å²) in [4.78, 5) is 0. The Morgan fingerprint density at radius 3 is 2.07 bits per heavy atom. The van der Waals surface area contributed by atoms with Crippen molar-refractivity contribution in [2.45, 2.75) is 58.8 Å². The standard InChI is InChI=1S/C26H32O/c1-3-5-20-27-26-18-16-25(17-19-26)24-14-12-23(13-15-24)11-10-22-8-6-21(4-2)7-9-22/h12-19,21-22H,3-9,20H2,1-2H3/t21-,22-. The lowest BCUT2D eigenvalue weighted by Crippen LogP contribution is -2.12. The van der Waals surface area contributed by atoms with E-state index >= 15 is 0 Å². The fourth-order valence-corrected chi connectivity index (χ4v) is 3.72. The summed E-state index contributed by atoms with van der Waals surface area (Å²) in [6, 6.07) is 17.0. The van der Waals surface area contributed by atoms with Gasteiger partial charge in [-0.2, -0.15) is 0 Å². The Kier molecular flexibility index (Phi) is 7.40. The van der Waals surface area contributed by atoms with E-state index in [1.165, 1.54) is 43.2 Å². The number of benzene rings is 2. The molecule has 0 saturated heterocycles. The highest BCUT2D eigenvalue weighted by Crippen LogP contribution is 2.30. The Hall–Kier alpha value is -2.20. The Balaban J connectivity index is 1.57. The van der Waals surface area contributed by atoms with Crippen molar-refractivity contribution in [1.82, 2.24) is 0 Å². The molecule has 3 rings (SSSR count). The Bertz CT molecular complexity index is 738. The van der Waals surface area contributed by atoms with E-state index in [4.69, 9.17) is 4.74 Å². The molecule has 142 valence electrons. The second-order valence-electron chi connectivity index (χ2n) is 7.70. The lowest BCUT2D eigenvalue weighted by molar-refractivity contribution is 0.309. The van der Waals surface area contributed by atoms with Gasteiger partial charge in [-0.1, -0.05) is 62.8 Å². The first-order valence-electron chi connectivity index (χ1n) is 10.6. The highest BCUT2D eigenvalue weighted by atomic mass is 16.5.